The zero-order valence-corrected chi connectivity index (χ0v) is 16.8. The fourth-order valence-electron chi connectivity index (χ4n) is 2.09. The first-order valence-electron chi connectivity index (χ1n) is 7.81. The second-order valence-electron chi connectivity index (χ2n) is 5.62. The first-order chi connectivity index (χ1) is 12.8. The number of amides is 2. The molecule has 0 aromatic heterocycles. The Balaban J connectivity index is 1.74. The molecule has 0 atom stereocenters. The molecule has 0 heterocycles. The highest BCUT2D eigenvalue weighted by molar-refractivity contribution is 6.35. The molecule has 0 fully saturated rings. The van der Waals surface area contributed by atoms with E-state index in [-0.39, 0.29) is 18.2 Å². The van der Waals surface area contributed by atoms with Gasteiger partial charge in [-0.1, -0.05) is 34.8 Å². The third-order valence-electron chi connectivity index (χ3n) is 3.37. The lowest BCUT2D eigenvalue weighted by Gasteiger charge is -2.11. The molecule has 0 aliphatic heterocycles. The van der Waals surface area contributed by atoms with Crippen molar-refractivity contribution in [3.05, 3.63) is 56.5 Å². The van der Waals surface area contributed by atoms with Crippen molar-refractivity contribution in [3.8, 4) is 11.5 Å². The normalized spacial score (nSPS) is 10.3. The van der Waals surface area contributed by atoms with Crippen LogP contribution >= 0.6 is 34.8 Å². The summed E-state index contributed by atoms with van der Waals surface area (Å²) in [6.45, 7) is 3.08. The highest BCUT2D eigenvalue weighted by Crippen LogP contribution is 2.27. The molecule has 0 bridgehead atoms. The van der Waals surface area contributed by atoms with Crippen molar-refractivity contribution >= 4 is 46.6 Å². The lowest BCUT2D eigenvalue weighted by Crippen LogP contribution is -2.45. The summed E-state index contributed by atoms with van der Waals surface area (Å²) in [5.41, 5.74) is 6.14. The first-order valence-corrected chi connectivity index (χ1v) is 8.94. The predicted octanol–water partition coefficient (Wildman–Crippen LogP) is 3.87. The molecule has 2 amide bonds. The van der Waals surface area contributed by atoms with Crippen LogP contribution in [0.2, 0.25) is 15.1 Å². The summed E-state index contributed by atoms with van der Waals surface area (Å²) < 4.78 is 10.6. The Kier molecular flexibility index (Phi) is 7.59. The summed E-state index contributed by atoms with van der Waals surface area (Å²) >= 11 is 17.8. The van der Waals surface area contributed by atoms with Crippen LogP contribution < -0.4 is 20.3 Å². The van der Waals surface area contributed by atoms with Gasteiger partial charge in [0, 0.05) is 10.0 Å². The molecule has 6 nitrogen and oxygen atoms in total. The Labute approximate surface area is 171 Å². The summed E-state index contributed by atoms with van der Waals surface area (Å²) in [4.78, 5) is 23.5. The van der Waals surface area contributed by atoms with E-state index < -0.39 is 11.8 Å². The number of ether oxygens (including phenoxy) is 2. The van der Waals surface area contributed by atoms with E-state index in [0.29, 0.717) is 21.5 Å². The van der Waals surface area contributed by atoms with Crippen LogP contribution in [0.25, 0.3) is 0 Å². The fourth-order valence-corrected chi connectivity index (χ4v) is 2.66. The number of hydrazine groups is 1. The second-order valence-corrected chi connectivity index (χ2v) is 6.84. The molecule has 0 spiro atoms. The standard InChI is InChI=1S/C18H17Cl3N2O4/c1-10-5-13(6-11(2)18(10)21)26-8-16(24)22-23-17(25)9-27-15-4-3-12(19)7-14(15)20/h3-7H,8-9H2,1-2H3,(H,22,24)(H,23,25). The van der Waals surface area contributed by atoms with Crippen molar-refractivity contribution in [1.29, 1.82) is 0 Å². The van der Waals surface area contributed by atoms with E-state index in [2.05, 4.69) is 10.9 Å². The zero-order valence-electron chi connectivity index (χ0n) is 14.6. The zero-order chi connectivity index (χ0) is 20.0. The summed E-state index contributed by atoms with van der Waals surface area (Å²) in [6.07, 6.45) is 0. The maximum Gasteiger partial charge on any atom is 0.276 e. The second kappa shape index (κ2) is 9.69. The number of hydrogen-bond donors (Lipinski definition) is 2. The monoisotopic (exact) mass is 430 g/mol. The highest BCUT2D eigenvalue weighted by atomic mass is 35.5. The van der Waals surface area contributed by atoms with Crippen molar-refractivity contribution in [2.75, 3.05) is 13.2 Å². The maximum absolute atomic E-state index is 11.8. The molecule has 0 radical (unpaired) electrons. The number of rotatable bonds is 6. The molecular formula is C18H17Cl3N2O4. The third kappa shape index (κ3) is 6.50. The largest absolute Gasteiger partial charge is 0.484 e. The number of benzene rings is 2. The van der Waals surface area contributed by atoms with E-state index in [1.54, 1.807) is 24.3 Å². The Morgan fingerprint density at radius 1 is 0.889 bits per heavy atom. The van der Waals surface area contributed by atoms with Crippen molar-refractivity contribution < 1.29 is 19.1 Å². The minimum atomic E-state index is -0.562. The van der Waals surface area contributed by atoms with Gasteiger partial charge in [-0.05, 0) is 55.3 Å². The Morgan fingerprint density at radius 3 is 2.00 bits per heavy atom. The molecule has 0 saturated heterocycles. The number of carbonyl (C=O) groups is 2. The van der Waals surface area contributed by atoms with Gasteiger partial charge in [0.15, 0.2) is 13.2 Å². The van der Waals surface area contributed by atoms with Crippen LogP contribution in [0.4, 0.5) is 0 Å². The first kappa shape index (κ1) is 21.2. The van der Waals surface area contributed by atoms with Gasteiger partial charge in [-0.2, -0.15) is 0 Å². The van der Waals surface area contributed by atoms with Gasteiger partial charge in [0.2, 0.25) is 0 Å². The maximum atomic E-state index is 11.8. The van der Waals surface area contributed by atoms with Gasteiger partial charge in [0.1, 0.15) is 11.5 Å². The number of aryl methyl sites for hydroxylation is 2. The molecule has 27 heavy (non-hydrogen) atoms. The number of carbonyl (C=O) groups excluding carboxylic acids is 2. The van der Waals surface area contributed by atoms with E-state index in [1.165, 1.54) is 6.07 Å². The van der Waals surface area contributed by atoms with Crippen LogP contribution in [-0.2, 0) is 9.59 Å². The third-order valence-corrected chi connectivity index (χ3v) is 4.50. The summed E-state index contributed by atoms with van der Waals surface area (Å²) in [5.74, 6) is -0.276. The van der Waals surface area contributed by atoms with Gasteiger partial charge in [-0.15, -0.1) is 0 Å². The SMILES string of the molecule is Cc1cc(OCC(=O)NNC(=O)COc2ccc(Cl)cc2Cl)cc(C)c1Cl. The molecular weight excluding hydrogens is 415 g/mol. The van der Waals surface area contributed by atoms with E-state index >= 15 is 0 Å². The average Bonchev–Trinajstić information content (AvgIpc) is 2.61. The quantitative estimate of drug-likeness (QED) is 0.681. The topological polar surface area (TPSA) is 76.7 Å². The number of nitrogens with one attached hydrogen (secondary N) is 2. The summed E-state index contributed by atoms with van der Waals surface area (Å²) in [6, 6.07) is 8.08. The lowest BCUT2D eigenvalue weighted by molar-refractivity contribution is -0.131. The Morgan fingerprint density at radius 2 is 1.44 bits per heavy atom. The highest BCUT2D eigenvalue weighted by Gasteiger charge is 2.09. The number of hydrogen-bond acceptors (Lipinski definition) is 4. The average molecular weight is 432 g/mol. The van der Waals surface area contributed by atoms with Crippen molar-refractivity contribution in [2.45, 2.75) is 13.8 Å². The minimum absolute atomic E-state index is 0.273. The predicted molar refractivity (Wildman–Crippen MR) is 105 cm³/mol. The summed E-state index contributed by atoms with van der Waals surface area (Å²) in [7, 11) is 0. The molecule has 0 aliphatic rings. The van der Waals surface area contributed by atoms with Crippen LogP contribution in [0, 0.1) is 13.8 Å². The lowest BCUT2D eigenvalue weighted by atomic mass is 10.1. The van der Waals surface area contributed by atoms with Crippen LogP contribution in [0.3, 0.4) is 0 Å². The van der Waals surface area contributed by atoms with Gasteiger partial charge >= 0.3 is 0 Å². The molecule has 2 rings (SSSR count). The molecule has 2 N–H and O–H groups in total. The van der Waals surface area contributed by atoms with E-state index in [4.69, 9.17) is 44.3 Å². The molecule has 0 unspecified atom stereocenters. The molecule has 2 aromatic carbocycles. The smallest absolute Gasteiger partial charge is 0.276 e. The van der Waals surface area contributed by atoms with Gasteiger partial charge in [-0.3, -0.25) is 20.4 Å². The Hall–Kier alpha value is -2.15. The minimum Gasteiger partial charge on any atom is -0.484 e. The number of halogens is 3. The fraction of sp³-hybridized carbons (Fsp3) is 0.222. The van der Waals surface area contributed by atoms with Gasteiger partial charge in [0.25, 0.3) is 11.8 Å². The van der Waals surface area contributed by atoms with Crippen molar-refractivity contribution in [3.63, 3.8) is 0 Å². The van der Waals surface area contributed by atoms with Gasteiger partial charge < -0.3 is 9.47 Å². The van der Waals surface area contributed by atoms with E-state index in [1.807, 2.05) is 13.8 Å². The Bertz CT molecular complexity index is 835. The van der Waals surface area contributed by atoms with Crippen molar-refractivity contribution in [1.82, 2.24) is 10.9 Å². The van der Waals surface area contributed by atoms with E-state index in [9.17, 15) is 9.59 Å². The molecule has 0 aliphatic carbocycles. The van der Waals surface area contributed by atoms with Crippen molar-refractivity contribution in [2.24, 2.45) is 0 Å². The molecule has 9 heteroatoms. The van der Waals surface area contributed by atoms with Crippen LogP contribution in [0.1, 0.15) is 11.1 Å². The van der Waals surface area contributed by atoms with Crippen LogP contribution in [0.15, 0.2) is 30.3 Å². The van der Waals surface area contributed by atoms with Gasteiger partial charge in [-0.25, -0.2) is 0 Å². The molecule has 0 saturated carbocycles. The summed E-state index contributed by atoms with van der Waals surface area (Å²) in [5, 5.41) is 1.39. The molecule has 144 valence electrons. The van der Waals surface area contributed by atoms with E-state index in [0.717, 1.165) is 11.1 Å². The van der Waals surface area contributed by atoms with Gasteiger partial charge in [0.05, 0.1) is 5.02 Å². The van der Waals surface area contributed by atoms with Crippen LogP contribution in [0.5, 0.6) is 11.5 Å². The molecule has 2 aromatic rings. The van der Waals surface area contributed by atoms with Crippen LogP contribution in [-0.4, -0.2) is 25.0 Å².